The van der Waals surface area contributed by atoms with Crippen LogP contribution in [0, 0.1) is 0 Å². The van der Waals surface area contributed by atoms with E-state index >= 15 is 0 Å². The van der Waals surface area contributed by atoms with Crippen molar-refractivity contribution >= 4 is 5.78 Å². The molecule has 0 atom stereocenters. The standard InChI is InChI=1S/C15H22O3/c1-3-10-17-11-12-18-15-8-6-14(7-9-15)5-4-13(2)16/h6-9H,3-5,10-12H2,1-2H3. The van der Waals surface area contributed by atoms with Crippen LogP contribution in [0.1, 0.15) is 32.3 Å². The van der Waals surface area contributed by atoms with Crippen LogP contribution >= 0.6 is 0 Å². The molecule has 100 valence electrons. The van der Waals surface area contributed by atoms with Gasteiger partial charge in [0.2, 0.25) is 0 Å². The molecule has 0 aliphatic carbocycles. The van der Waals surface area contributed by atoms with Crippen LogP contribution in [0.2, 0.25) is 0 Å². The quantitative estimate of drug-likeness (QED) is 0.632. The largest absolute Gasteiger partial charge is 0.491 e. The highest BCUT2D eigenvalue weighted by molar-refractivity contribution is 5.75. The Kier molecular flexibility index (Phi) is 7.11. The predicted molar refractivity (Wildman–Crippen MR) is 72.0 cm³/mol. The molecular formula is C15H22O3. The first kappa shape index (κ1) is 14.7. The van der Waals surface area contributed by atoms with E-state index in [1.54, 1.807) is 6.92 Å². The second-order valence-corrected chi connectivity index (χ2v) is 4.31. The predicted octanol–water partition coefficient (Wildman–Crippen LogP) is 3.01. The number of Topliss-reactive ketones (excluding diaryl/α,β-unsaturated/α-hetero) is 1. The summed E-state index contributed by atoms with van der Waals surface area (Å²) in [6.07, 6.45) is 2.44. The molecule has 3 heteroatoms. The highest BCUT2D eigenvalue weighted by atomic mass is 16.5. The number of ketones is 1. The lowest BCUT2D eigenvalue weighted by Crippen LogP contribution is -2.07. The average Bonchev–Trinajstić information content (AvgIpc) is 2.37. The fourth-order valence-corrected chi connectivity index (χ4v) is 1.54. The number of carbonyl (C=O) groups excluding carboxylic acids is 1. The Morgan fingerprint density at radius 2 is 1.83 bits per heavy atom. The maximum absolute atomic E-state index is 10.9. The van der Waals surface area contributed by atoms with Gasteiger partial charge >= 0.3 is 0 Å². The van der Waals surface area contributed by atoms with E-state index in [0.717, 1.165) is 25.2 Å². The Morgan fingerprint density at radius 3 is 2.44 bits per heavy atom. The van der Waals surface area contributed by atoms with Gasteiger partial charge in [-0.25, -0.2) is 0 Å². The summed E-state index contributed by atoms with van der Waals surface area (Å²) in [6.45, 7) is 5.69. The van der Waals surface area contributed by atoms with Gasteiger partial charge in [-0.15, -0.1) is 0 Å². The fourth-order valence-electron chi connectivity index (χ4n) is 1.54. The van der Waals surface area contributed by atoms with Crippen LogP contribution in [0.25, 0.3) is 0 Å². The molecule has 0 fully saturated rings. The Morgan fingerprint density at radius 1 is 1.11 bits per heavy atom. The molecule has 3 nitrogen and oxygen atoms in total. The molecule has 1 aromatic rings. The zero-order valence-corrected chi connectivity index (χ0v) is 11.3. The van der Waals surface area contributed by atoms with E-state index in [1.165, 1.54) is 5.56 Å². The van der Waals surface area contributed by atoms with Gasteiger partial charge < -0.3 is 14.3 Å². The second-order valence-electron chi connectivity index (χ2n) is 4.31. The van der Waals surface area contributed by atoms with Crippen molar-refractivity contribution in [3.63, 3.8) is 0 Å². The van der Waals surface area contributed by atoms with Crippen molar-refractivity contribution in [2.75, 3.05) is 19.8 Å². The van der Waals surface area contributed by atoms with Crippen molar-refractivity contribution in [3.05, 3.63) is 29.8 Å². The molecule has 0 aliphatic rings. The lowest BCUT2D eigenvalue weighted by atomic mass is 10.1. The van der Waals surface area contributed by atoms with Gasteiger partial charge in [-0.3, -0.25) is 0 Å². The van der Waals surface area contributed by atoms with E-state index in [1.807, 2.05) is 24.3 Å². The first-order valence-corrected chi connectivity index (χ1v) is 6.51. The number of carbonyl (C=O) groups is 1. The number of benzene rings is 1. The normalized spacial score (nSPS) is 10.3. The van der Waals surface area contributed by atoms with E-state index in [4.69, 9.17) is 9.47 Å². The summed E-state index contributed by atoms with van der Waals surface area (Å²) in [4.78, 5) is 10.9. The number of ether oxygens (including phenoxy) is 2. The molecule has 0 heterocycles. The first-order valence-electron chi connectivity index (χ1n) is 6.51. The third-order valence-corrected chi connectivity index (χ3v) is 2.53. The van der Waals surface area contributed by atoms with Crippen LogP contribution in [0.5, 0.6) is 5.75 Å². The minimum atomic E-state index is 0.225. The maximum Gasteiger partial charge on any atom is 0.130 e. The SMILES string of the molecule is CCCOCCOc1ccc(CCC(C)=O)cc1. The molecule has 0 saturated heterocycles. The third kappa shape index (κ3) is 6.40. The molecule has 0 amide bonds. The summed E-state index contributed by atoms with van der Waals surface area (Å²) < 4.78 is 10.9. The topological polar surface area (TPSA) is 35.5 Å². The van der Waals surface area contributed by atoms with Gasteiger partial charge in [-0.2, -0.15) is 0 Å². The fraction of sp³-hybridized carbons (Fsp3) is 0.533. The summed E-state index contributed by atoms with van der Waals surface area (Å²) >= 11 is 0. The first-order chi connectivity index (χ1) is 8.72. The van der Waals surface area contributed by atoms with Crippen LogP contribution in [0.4, 0.5) is 0 Å². The van der Waals surface area contributed by atoms with E-state index in [-0.39, 0.29) is 5.78 Å². The molecule has 1 aromatic carbocycles. The monoisotopic (exact) mass is 250 g/mol. The van der Waals surface area contributed by atoms with Crippen LogP contribution in [0.3, 0.4) is 0 Å². The lowest BCUT2D eigenvalue weighted by molar-refractivity contribution is -0.116. The van der Waals surface area contributed by atoms with Gasteiger partial charge in [-0.1, -0.05) is 19.1 Å². The number of aryl methyl sites for hydroxylation is 1. The van der Waals surface area contributed by atoms with Crippen molar-refractivity contribution in [2.24, 2.45) is 0 Å². The Balaban J connectivity index is 2.25. The van der Waals surface area contributed by atoms with Crippen LogP contribution in [0.15, 0.2) is 24.3 Å². The van der Waals surface area contributed by atoms with Gasteiger partial charge in [0.25, 0.3) is 0 Å². The van der Waals surface area contributed by atoms with Gasteiger partial charge in [0.15, 0.2) is 0 Å². The highest BCUT2D eigenvalue weighted by Crippen LogP contribution is 2.13. The molecule has 1 rings (SSSR count). The molecule has 0 spiro atoms. The molecule has 0 aliphatic heterocycles. The lowest BCUT2D eigenvalue weighted by Gasteiger charge is -2.07. The Hall–Kier alpha value is -1.35. The van der Waals surface area contributed by atoms with Crippen molar-refractivity contribution in [1.82, 2.24) is 0 Å². The van der Waals surface area contributed by atoms with Crippen LogP contribution < -0.4 is 4.74 Å². The van der Waals surface area contributed by atoms with E-state index in [9.17, 15) is 4.79 Å². The van der Waals surface area contributed by atoms with Gasteiger partial charge in [0.1, 0.15) is 18.1 Å². The van der Waals surface area contributed by atoms with Gasteiger partial charge in [0, 0.05) is 13.0 Å². The Labute approximate surface area is 109 Å². The molecule has 0 bridgehead atoms. The number of hydrogen-bond acceptors (Lipinski definition) is 3. The molecule has 0 radical (unpaired) electrons. The highest BCUT2D eigenvalue weighted by Gasteiger charge is 1.98. The van der Waals surface area contributed by atoms with E-state index in [0.29, 0.717) is 19.6 Å². The summed E-state index contributed by atoms with van der Waals surface area (Å²) in [5, 5.41) is 0. The summed E-state index contributed by atoms with van der Waals surface area (Å²) in [6, 6.07) is 7.89. The average molecular weight is 250 g/mol. The third-order valence-electron chi connectivity index (χ3n) is 2.53. The molecule has 0 N–H and O–H groups in total. The Bertz CT molecular complexity index is 343. The summed E-state index contributed by atoms with van der Waals surface area (Å²) in [7, 11) is 0. The van der Waals surface area contributed by atoms with Crippen molar-refractivity contribution in [1.29, 1.82) is 0 Å². The maximum atomic E-state index is 10.9. The van der Waals surface area contributed by atoms with Gasteiger partial charge in [0.05, 0.1) is 6.61 Å². The zero-order valence-electron chi connectivity index (χ0n) is 11.3. The zero-order chi connectivity index (χ0) is 13.2. The van der Waals surface area contributed by atoms with E-state index in [2.05, 4.69) is 6.92 Å². The number of rotatable bonds is 9. The molecule has 18 heavy (non-hydrogen) atoms. The minimum absolute atomic E-state index is 0.225. The van der Waals surface area contributed by atoms with Crippen molar-refractivity contribution < 1.29 is 14.3 Å². The summed E-state index contributed by atoms with van der Waals surface area (Å²) in [5.74, 6) is 1.07. The number of hydrogen-bond donors (Lipinski definition) is 0. The molecule has 0 saturated carbocycles. The molecule has 0 aromatic heterocycles. The summed E-state index contributed by atoms with van der Waals surface area (Å²) in [5.41, 5.74) is 1.17. The van der Waals surface area contributed by atoms with Crippen LogP contribution in [-0.2, 0) is 16.0 Å². The van der Waals surface area contributed by atoms with Crippen LogP contribution in [-0.4, -0.2) is 25.6 Å². The molecular weight excluding hydrogens is 228 g/mol. The van der Waals surface area contributed by atoms with Gasteiger partial charge in [-0.05, 0) is 37.5 Å². The smallest absolute Gasteiger partial charge is 0.130 e. The molecule has 0 unspecified atom stereocenters. The minimum Gasteiger partial charge on any atom is -0.491 e. The van der Waals surface area contributed by atoms with Crippen molar-refractivity contribution in [3.8, 4) is 5.75 Å². The van der Waals surface area contributed by atoms with Crippen molar-refractivity contribution in [2.45, 2.75) is 33.1 Å². The van der Waals surface area contributed by atoms with E-state index < -0.39 is 0 Å². The second kappa shape index (κ2) is 8.70.